The van der Waals surface area contributed by atoms with Gasteiger partial charge < -0.3 is 10.1 Å². The molecule has 3 nitrogen and oxygen atoms in total. The van der Waals surface area contributed by atoms with Gasteiger partial charge in [0.1, 0.15) is 0 Å². The van der Waals surface area contributed by atoms with E-state index < -0.39 is 0 Å². The number of nitrogens with one attached hydrogen (secondary N) is 1. The Labute approximate surface area is 116 Å². The molecule has 1 aliphatic carbocycles. The highest BCUT2D eigenvalue weighted by molar-refractivity contribution is 5.25. The summed E-state index contributed by atoms with van der Waals surface area (Å²) < 4.78 is 5.76. The van der Waals surface area contributed by atoms with Gasteiger partial charge in [0.15, 0.2) is 0 Å². The molecule has 0 amide bonds. The number of hydrogen-bond donors (Lipinski definition) is 1. The molecule has 0 radical (unpaired) electrons. The van der Waals surface area contributed by atoms with Crippen molar-refractivity contribution in [1.82, 2.24) is 10.3 Å². The van der Waals surface area contributed by atoms with Gasteiger partial charge in [-0.15, -0.1) is 0 Å². The summed E-state index contributed by atoms with van der Waals surface area (Å²) in [6.45, 7) is 8.19. The lowest BCUT2D eigenvalue weighted by Crippen LogP contribution is -2.16. The number of pyridine rings is 1. The maximum Gasteiger partial charge on any atom is 0.213 e. The third-order valence-electron chi connectivity index (χ3n) is 3.63. The minimum Gasteiger partial charge on any atom is -0.477 e. The molecule has 1 saturated carbocycles. The molecule has 0 aromatic carbocycles. The molecule has 0 spiro atoms. The Morgan fingerprint density at radius 2 is 2.21 bits per heavy atom. The first-order chi connectivity index (χ1) is 9.19. The molecule has 106 valence electrons. The van der Waals surface area contributed by atoms with Crippen LogP contribution >= 0.6 is 0 Å². The third kappa shape index (κ3) is 4.83. The summed E-state index contributed by atoms with van der Waals surface area (Å²) in [7, 11) is 0. The van der Waals surface area contributed by atoms with Crippen molar-refractivity contribution in [3.8, 4) is 5.88 Å². The summed E-state index contributed by atoms with van der Waals surface area (Å²) >= 11 is 0. The minimum atomic E-state index is 0.600. The van der Waals surface area contributed by atoms with E-state index in [9.17, 15) is 0 Å². The Hall–Kier alpha value is -1.09. The quantitative estimate of drug-likeness (QED) is 0.779. The van der Waals surface area contributed by atoms with Crippen molar-refractivity contribution in [2.24, 2.45) is 5.92 Å². The van der Waals surface area contributed by atoms with E-state index >= 15 is 0 Å². The Bertz CT molecular complexity index is 402. The Morgan fingerprint density at radius 3 is 2.84 bits per heavy atom. The van der Waals surface area contributed by atoms with Crippen LogP contribution in [0.1, 0.15) is 50.8 Å². The number of rotatable bonds is 8. The maximum absolute atomic E-state index is 5.76. The lowest BCUT2D eigenvalue weighted by molar-refractivity contribution is 0.242. The monoisotopic (exact) mass is 262 g/mol. The fraction of sp³-hybridized carbons (Fsp3) is 0.688. The summed E-state index contributed by atoms with van der Waals surface area (Å²) in [5, 5.41) is 3.52. The topological polar surface area (TPSA) is 34.1 Å². The van der Waals surface area contributed by atoms with Crippen molar-refractivity contribution < 1.29 is 4.74 Å². The number of aryl methyl sites for hydroxylation is 1. The molecule has 1 aliphatic rings. The first kappa shape index (κ1) is 14.3. The van der Waals surface area contributed by atoms with Crippen LogP contribution in [0.15, 0.2) is 12.1 Å². The summed E-state index contributed by atoms with van der Waals surface area (Å²) in [6, 6.07) is 4.87. The summed E-state index contributed by atoms with van der Waals surface area (Å²) in [5.74, 6) is 1.36. The molecule has 1 heterocycles. The van der Waals surface area contributed by atoms with Crippen LogP contribution in [0.2, 0.25) is 0 Å². The lowest BCUT2D eigenvalue weighted by Gasteiger charge is -2.13. The molecule has 0 bridgehead atoms. The van der Waals surface area contributed by atoms with Gasteiger partial charge in [0.25, 0.3) is 0 Å². The number of nitrogens with zero attached hydrogens (tertiary/aromatic N) is 1. The highest BCUT2D eigenvalue weighted by Crippen LogP contribution is 2.20. The van der Waals surface area contributed by atoms with E-state index in [1.54, 1.807) is 0 Å². The first-order valence-corrected chi connectivity index (χ1v) is 7.51. The van der Waals surface area contributed by atoms with Gasteiger partial charge in [0, 0.05) is 24.3 Å². The minimum absolute atomic E-state index is 0.600. The second-order valence-electron chi connectivity index (χ2n) is 5.75. The lowest BCUT2D eigenvalue weighted by atomic mass is 10.1. The molecule has 1 N–H and O–H groups in total. The van der Waals surface area contributed by atoms with Crippen molar-refractivity contribution in [3.05, 3.63) is 23.4 Å². The van der Waals surface area contributed by atoms with Gasteiger partial charge in [0.2, 0.25) is 5.88 Å². The van der Waals surface area contributed by atoms with E-state index in [1.807, 2.05) is 6.07 Å². The molecule has 0 saturated heterocycles. The highest BCUT2D eigenvalue weighted by Gasteiger charge is 2.20. The van der Waals surface area contributed by atoms with Crippen LogP contribution in [0.3, 0.4) is 0 Å². The molecule has 1 aromatic heterocycles. The Kier molecular flexibility index (Phi) is 5.20. The molecule has 0 aliphatic heterocycles. The summed E-state index contributed by atoms with van der Waals surface area (Å²) in [5.41, 5.74) is 2.36. The zero-order valence-corrected chi connectivity index (χ0v) is 12.4. The second-order valence-corrected chi connectivity index (χ2v) is 5.75. The molecule has 1 fully saturated rings. The Morgan fingerprint density at radius 1 is 1.42 bits per heavy atom. The van der Waals surface area contributed by atoms with E-state index in [4.69, 9.17) is 4.74 Å². The molecule has 2 rings (SSSR count). The molecule has 19 heavy (non-hydrogen) atoms. The normalized spacial score (nSPS) is 16.4. The molecule has 3 heteroatoms. The van der Waals surface area contributed by atoms with Crippen LogP contribution in [0.5, 0.6) is 5.88 Å². The third-order valence-corrected chi connectivity index (χ3v) is 3.63. The molecule has 1 unspecified atom stereocenters. The van der Waals surface area contributed by atoms with Crippen molar-refractivity contribution in [1.29, 1.82) is 0 Å². The average Bonchev–Trinajstić information content (AvgIpc) is 3.20. The standard InChI is InChI=1S/C16H26N2O/c1-4-5-12(2)11-19-16-9-6-14(13(3)18-16)10-17-15-7-8-15/h6,9,12,15,17H,4-5,7-8,10-11H2,1-3H3. The van der Waals surface area contributed by atoms with Gasteiger partial charge in [0.05, 0.1) is 6.61 Å². The van der Waals surface area contributed by atoms with Gasteiger partial charge in [-0.25, -0.2) is 4.98 Å². The van der Waals surface area contributed by atoms with E-state index in [0.29, 0.717) is 5.92 Å². The van der Waals surface area contributed by atoms with Crippen LogP contribution < -0.4 is 10.1 Å². The van der Waals surface area contributed by atoms with Crippen LogP contribution in [-0.4, -0.2) is 17.6 Å². The second kappa shape index (κ2) is 6.90. The van der Waals surface area contributed by atoms with Crippen molar-refractivity contribution in [2.45, 2.75) is 59.0 Å². The van der Waals surface area contributed by atoms with Gasteiger partial charge >= 0.3 is 0 Å². The van der Waals surface area contributed by atoms with E-state index in [0.717, 1.165) is 30.8 Å². The van der Waals surface area contributed by atoms with Crippen LogP contribution in [-0.2, 0) is 6.54 Å². The highest BCUT2D eigenvalue weighted by atomic mass is 16.5. The van der Waals surface area contributed by atoms with Crippen LogP contribution in [0.4, 0.5) is 0 Å². The average molecular weight is 262 g/mol. The SMILES string of the molecule is CCCC(C)COc1ccc(CNC2CC2)c(C)n1. The van der Waals surface area contributed by atoms with Gasteiger partial charge in [-0.05, 0) is 37.7 Å². The van der Waals surface area contributed by atoms with Crippen molar-refractivity contribution >= 4 is 0 Å². The number of aromatic nitrogens is 1. The predicted octanol–water partition coefficient (Wildman–Crippen LogP) is 3.46. The van der Waals surface area contributed by atoms with Gasteiger partial charge in [-0.1, -0.05) is 26.3 Å². The molecule has 1 atom stereocenters. The van der Waals surface area contributed by atoms with Crippen molar-refractivity contribution in [2.75, 3.05) is 6.61 Å². The smallest absolute Gasteiger partial charge is 0.213 e. The zero-order chi connectivity index (χ0) is 13.7. The van der Waals surface area contributed by atoms with Gasteiger partial charge in [-0.2, -0.15) is 0 Å². The summed E-state index contributed by atoms with van der Waals surface area (Å²) in [6.07, 6.45) is 5.07. The largest absolute Gasteiger partial charge is 0.477 e. The van der Waals surface area contributed by atoms with Gasteiger partial charge in [-0.3, -0.25) is 0 Å². The van der Waals surface area contributed by atoms with E-state index in [1.165, 1.54) is 31.2 Å². The maximum atomic E-state index is 5.76. The zero-order valence-electron chi connectivity index (χ0n) is 12.4. The first-order valence-electron chi connectivity index (χ1n) is 7.51. The van der Waals surface area contributed by atoms with Crippen LogP contribution in [0.25, 0.3) is 0 Å². The molecule has 1 aromatic rings. The fourth-order valence-corrected chi connectivity index (χ4v) is 2.18. The molecular formula is C16H26N2O. The predicted molar refractivity (Wildman–Crippen MR) is 78.4 cm³/mol. The van der Waals surface area contributed by atoms with E-state index in [2.05, 4.69) is 37.1 Å². The number of hydrogen-bond acceptors (Lipinski definition) is 3. The number of ether oxygens (including phenoxy) is 1. The van der Waals surface area contributed by atoms with E-state index in [-0.39, 0.29) is 0 Å². The Balaban J connectivity index is 1.82. The fourth-order valence-electron chi connectivity index (χ4n) is 2.18. The molecular weight excluding hydrogens is 236 g/mol. The van der Waals surface area contributed by atoms with Crippen molar-refractivity contribution in [3.63, 3.8) is 0 Å². The summed E-state index contributed by atoms with van der Waals surface area (Å²) in [4.78, 5) is 4.54. The van der Waals surface area contributed by atoms with Crippen LogP contribution in [0, 0.1) is 12.8 Å².